The van der Waals surface area contributed by atoms with Gasteiger partial charge in [0.1, 0.15) is 0 Å². The lowest BCUT2D eigenvalue weighted by Crippen LogP contribution is -2.27. The van der Waals surface area contributed by atoms with Gasteiger partial charge >= 0.3 is 18.1 Å². The van der Waals surface area contributed by atoms with Crippen LogP contribution in [0, 0.1) is 0 Å². The minimum atomic E-state index is -4.47. The predicted molar refractivity (Wildman–Crippen MR) is 67.3 cm³/mol. The Balaban J connectivity index is 2.65. The summed E-state index contributed by atoms with van der Waals surface area (Å²) in [5.41, 5.74) is -0.683. The SMILES string of the molecule is CCOC(=O)C(C)OC(=O)Cc1cccc(C(F)(F)F)c1. The maximum atomic E-state index is 12.5. The largest absolute Gasteiger partial charge is 0.463 e. The molecule has 1 aromatic rings. The van der Waals surface area contributed by atoms with E-state index in [0.717, 1.165) is 12.1 Å². The molecule has 1 aromatic carbocycles. The van der Waals surface area contributed by atoms with Crippen molar-refractivity contribution in [2.24, 2.45) is 0 Å². The van der Waals surface area contributed by atoms with Crippen LogP contribution in [0.5, 0.6) is 0 Å². The molecule has 0 N–H and O–H groups in total. The first-order valence-electron chi connectivity index (χ1n) is 6.26. The van der Waals surface area contributed by atoms with Gasteiger partial charge in [-0.3, -0.25) is 4.79 Å². The number of esters is 2. The molecule has 0 amide bonds. The topological polar surface area (TPSA) is 52.6 Å². The average molecular weight is 304 g/mol. The van der Waals surface area contributed by atoms with Gasteiger partial charge in [-0.05, 0) is 25.5 Å². The standard InChI is InChI=1S/C14H15F3O4/c1-3-20-13(19)9(2)21-12(18)8-10-5-4-6-11(7-10)14(15,16)17/h4-7,9H,3,8H2,1-2H3. The first-order valence-corrected chi connectivity index (χ1v) is 6.26. The summed E-state index contributed by atoms with van der Waals surface area (Å²) in [5.74, 6) is -1.50. The lowest BCUT2D eigenvalue weighted by molar-refractivity contribution is -0.165. The summed E-state index contributed by atoms with van der Waals surface area (Å²) in [4.78, 5) is 22.8. The van der Waals surface area contributed by atoms with E-state index in [4.69, 9.17) is 4.74 Å². The van der Waals surface area contributed by atoms with E-state index >= 15 is 0 Å². The first kappa shape index (κ1) is 17.0. The van der Waals surface area contributed by atoms with Gasteiger partial charge < -0.3 is 9.47 Å². The van der Waals surface area contributed by atoms with Crippen molar-refractivity contribution in [2.45, 2.75) is 32.5 Å². The van der Waals surface area contributed by atoms with Gasteiger partial charge in [-0.25, -0.2) is 4.79 Å². The monoisotopic (exact) mass is 304 g/mol. The molecule has 0 aromatic heterocycles. The summed E-state index contributed by atoms with van der Waals surface area (Å²) in [7, 11) is 0. The number of alkyl halides is 3. The van der Waals surface area contributed by atoms with Crippen molar-refractivity contribution in [3.05, 3.63) is 35.4 Å². The Hall–Kier alpha value is -2.05. The molecular weight excluding hydrogens is 289 g/mol. The molecule has 0 radical (unpaired) electrons. The van der Waals surface area contributed by atoms with Crippen LogP contribution >= 0.6 is 0 Å². The van der Waals surface area contributed by atoms with Crippen molar-refractivity contribution in [3.63, 3.8) is 0 Å². The maximum Gasteiger partial charge on any atom is 0.416 e. The summed E-state index contributed by atoms with van der Waals surface area (Å²) in [6.45, 7) is 3.09. The van der Waals surface area contributed by atoms with Crippen LogP contribution < -0.4 is 0 Å². The number of hydrogen-bond acceptors (Lipinski definition) is 4. The molecule has 0 fully saturated rings. The van der Waals surface area contributed by atoms with Crippen molar-refractivity contribution < 1.29 is 32.2 Å². The van der Waals surface area contributed by atoms with Gasteiger partial charge in [0.05, 0.1) is 18.6 Å². The van der Waals surface area contributed by atoms with Crippen molar-refractivity contribution in [3.8, 4) is 0 Å². The average Bonchev–Trinajstić information content (AvgIpc) is 2.38. The third kappa shape index (κ3) is 5.45. The third-order valence-electron chi connectivity index (χ3n) is 2.53. The molecule has 116 valence electrons. The molecule has 1 rings (SSSR count). The molecule has 0 aliphatic rings. The van der Waals surface area contributed by atoms with E-state index in [1.165, 1.54) is 19.1 Å². The zero-order valence-electron chi connectivity index (χ0n) is 11.6. The summed E-state index contributed by atoms with van der Waals surface area (Å²) in [6.07, 6.45) is -5.92. The van der Waals surface area contributed by atoms with E-state index in [1.54, 1.807) is 6.92 Å². The van der Waals surface area contributed by atoms with Crippen LogP contribution in [-0.2, 0) is 31.7 Å². The molecule has 0 heterocycles. The number of hydrogen-bond donors (Lipinski definition) is 0. The molecule has 21 heavy (non-hydrogen) atoms. The molecule has 0 saturated carbocycles. The van der Waals surface area contributed by atoms with Crippen LogP contribution in [0.15, 0.2) is 24.3 Å². The van der Waals surface area contributed by atoms with Crippen LogP contribution in [0.25, 0.3) is 0 Å². The Morgan fingerprint density at radius 2 is 1.95 bits per heavy atom. The first-order chi connectivity index (χ1) is 9.74. The molecule has 1 unspecified atom stereocenters. The zero-order chi connectivity index (χ0) is 16.0. The number of carbonyl (C=O) groups is 2. The van der Waals surface area contributed by atoms with Gasteiger partial charge in [-0.15, -0.1) is 0 Å². The Morgan fingerprint density at radius 1 is 1.29 bits per heavy atom. The third-order valence-corrected chi connectivity index (χ3v) is 2.53. The second-order valence-corrected chi connectivity index (χ2v) is 4.26. The van der Waals surface area contributed by atoms with Crippen molar-refractivity contribution in [1.29, 1.82) is 0 Å². The van der Waals surface area contributed by atoms with Crippen LogP contribution in [0.2, 0.25) is 0 Å². The van der Waals surface area contributed by atoms with Gasteiger partial charge in [0, 0.05) is 0 Å². The van der Waals surface area contributed by atoms with Gasteiger partial charge in [0.25, 0.3) is 0 Å². The summed E-state index contributed by atoms with van der Waals surface area (Å²) in [6, 6.07) is 4.37. The molecule has 0 aliphatic heterocycles. The Bertz CT molecular complexity index is 511. The molecular formula is C14H15F3O4. The quantitative estimate of drug-likeness (QED) is 0.785. The zero-order valence-corrected chi connectivity index (χ0v) is 11.6. The highest BCUT2D eigenvalue weighted by Crippen LogP contribution is 2.29. The molecule has 0 saturated heterocycles. The lowest BCUT2D eigenvalue weighted by atomic mass is 10.1. The lowest BCUT2D eigenvalue weighted by Gasteiger charge is -2.12. The molecule has 4 nitrogen and oxygen atoms in total. The minimum absolute atomic E-state index is 0.147. The van der Waals surface area contributed by atoms with Crippen LogP contribution in [0.3, 0.4) is 0 Å². The second kappa shape index (κ2) is 7.10. The number of ether oxygens (including phenoxy) is 2. The number of carbonyl (C=O) groups excluding carboxylic acids is 2. The van der Waals surface area contributed by atoms with Crippen molar-refractivity contribution in [2.75, 3.05) is 6.61 Å². The van der Waals surface area contributed by atoms with Crippen LogP contribution in [-0.4, -0.2) is 24.6 Å². The highest BCUT2D eigenvalue weighted by atomic mass is 19.4. The normalized spacial score (nSPS) is 12.6. The van der Waals surface area contributed by atoms with Crippen LogP contribution in [0.4, 0.5) is 13.2 Å². The minimum Gasteiger partial charge on any atom is -0.463 e. The Labute approximate surface area is 119 Å². The molecule has 0 bridgehead atoms. The number of halogens is 3. The Morgan fingerprint density at radius 3 is 2.52 bits per heavy atom. The molecule has 7 heteroatoms. The second-order valence-electron chi connectivity index (χ2n) is 4.26. The molecule has 0 aliphatic carbocycles. The van der Waals surface area contributed by atoms with Gasteiger partial charge in [0.15, 0.2) is 6.10 Å². The Kier molecular flexibility index (Phi) is 5.75. The van der Waals surface area contributed by atoms with E-state index in [-0.39, 0.29) is 18.6 Å². The maximum absolute atomic E-state index is 12.5. The highest BCUT2D eigenvalue weighted by molar-refractivity contribution is 5.80. The van der Waals surface area contributed by atoms with Gasteiger partial charge in [0.2, 0.25) is 0 Å². The fourth-order valence-electron chi connectivity index (χ4n) is 1.57. The van der Waals surface area contributed by atoms with E-state index in [2.05, 4.69) is 4.74 Å². The predicted octanol–water partition coefficient (Wildman–Crippen LogP) is 2.74. The van der Waals surface area contributed by atoms with E-state index < -0.39 is 29.8 Å². The van der Waals surface area contributed by atoms with Crippen molar-refractivity contribution >= 4 is 11.9 Å². The molecule has 0 spiro atoms. The summed E-state index contributed by atoms with van der Waals surface area (Å²) < 4.78 is 47.0. The fourth-order valence-corrected chi connectivity index (χ4v) is 1.57. The smallest absolute Gasteiger partial charge is 0.416 e. The number of rotatable bonds is 5. The summed E-state index contributed by atoms with van der Waals surface area (Å²) >= 11 is 0. The van der Waals surface area contributed by atoms with Crippen LogP contribution in [0.1, 0.15) is 25.0 Å². The highest BCUT2D eigenvalue weighted by Gasteiger charge is 2.30. The number of benzene rings is 1. The van der Waals surface area contributed by atoms with E-state index in [1.807, 2.05) is 0 Å². The van der Waals surface area contributed by atoms with Crippen molar-refractivity contribution in [1.82, 2.24) is 0 Å². The van der Waals surface area contributed by atoms with Gasteiger partial charge in [-0.1, -0.05) is 18.2 Å². The fraction of sp³-hybridized carbons (Fsp3) is 0.429. The van der Waals surface area contributed by atoms with E-state index in [9.17, 15) is 22.8 Å². The van der Waals surface area contributed by atoms with E-state index in [0.29, 0.717) is 0 Å². The molecule has 1 atom stereocenters. The van der Waals surface area contributed by atoms with Gasteiger partial charge in [-0.2, -0.15) is 13.2 Å². The summed E-state index contributed by atoms with van der Waals surface area (Å²) in [5, 5.41) is 0.